The van der Waals surface area contributed by atoms with Gasteiger partial charge in [-0.3, -0.25) is 0 Å². The summed E-state index contributed by atoms with van der Waals surface area (Å²) in [6.07, 6.45) is -0.00147. The van der Waals surface area contributed by atoms with Crippen molar-refractivity contribution in [2.24, 2.45) is 0 Å². The van der Waals surface area contributed by atoms with Crippen LogP contribution in [0.3, 0.4) is 0 Å². The number of carbonyl (C=O) groups excluding carboxylic acids is 2. The topological polar surface area (TPSA) is 101 Å². The highest BCUT2D eigenvalue weighted by molar-refractivity contribution is 7.10. The standard InChI is InChI=1S/C42H51N3O5S/c1-39(2,3)32-22-26(23-33(35(32)46)40(4,5)6)34-25-51-36(43-34)42(44-37(47)50-41(7,8)9)18-20-45(21-19-42)38(48)49-24-31-29-16-12-10-14-27(29)28-15-11-13-17-30(28)31/h10-17,22-23,25,31,46H,18-21,24H2,1-9H3,(H,44,47). The molecule has 1 saturated heterocycles. The lowest BCUT2D eigenvalue weighted by molar-refractivity contribution is 0.0362. The van der Waals surface area contributed by atoms with E-state index in [2.05, 4.69) is 71.1 Å². The van der Waals surface area contributed by atoms with E-state index in [1.807, 2.05) is 62.5 Å². The molecule has 1 fully saturated rings. The number of benzene rings is 3. The maximum atomic E-state index is 13.5. The molecule has 4 aromatic rings. The van der Waals surface area contributed by atoms with E-state index in [0.717, 1.165) is 27.4 Å². The minimum Gasteiger partial charge on any atom is -0.507 e. The van der Waals surface area contributed by atoms with E-state index in [4.69, 9.17) is 14.5 Å². The van der Waals surface area contributed by atoms with Gasteiger partial charge in [0.25, 0.3) is 0 Å². The zero-order chi connectivity index (χ0) is 36.9. The van der Waals surface area contributed by atoms with Gasteiger partial charge in [-0.1, -0.05) is 90.1 Å². The average molecular weight is 710 g/mol. The lowest BCUT2D eigenvalue weighted by Crippen LogP contribution is -2.55. The number of fused-ring (bicyclic) bond motifs is 3. The van der Waals surface area contributed by atoms with Gasteiger partial charge < -0.3 is 24.8 Å². The average Bonchev–Trinajstić information content (AvgIpc) is 3.66. The summed E-state index contributed by atoms with van der Waals surface area (Å²) in [5.74, 6) is 0.295. The number of phenolic OH excluding ortho intramolecular Hbond substituents is 1. The molecule has 1 aliphatic heterocycles. The molecule has 1 aliphatic carbocycles. The number of nitrogens with one attached hydrogen (secondary N) is 1. The normalized spacial score (nSPS) is 16.0. The number of piperidine rings is 1. The first-order valence-electron chi connectivity index (χ1n) is 17.8. The van der Waals surface area contributed by atoms with E-state index in [9.17, 15) is 14.7 Å². The molecule has 0 radical (unpaired) electrons. The van der Waals surface area contributed by atoms with Crippen molar-refractivity contribution in [1.29, 1.82) is 0 Å². The first kappa shape index (κ1) is 36.4. The zero-order valence-electron chi connectivity index (χ0n) is 31.3. The maximum absolute atomic E-state index is 13.5. The van der Waals surface area contributed by atoms with Crippen molar-refractivity contribution in [3.05, 3.63) is 93.3 Å². The lowest BCUT2D eigenvalue weighted by Gasteiger charge is -2.40. The number of amides is 2. The Kier molecular flexibility index (Phi) is 9.51. The molecular weight excluding hydrogens is 659 g/mol. The molecule has 0 bridgehead atoms. The fraction of sp³-hybridized carbons (Fsp3) is 0.452. The second-order valence-corrected chi connectivity index (χ2v) is 17.8. The lowest BCUT2D eigenvalue weighted by atomic mass is 9.78. The third-order valence-corrected chi connectivity index (χ3v) is 10.9. The van der Waals surface area contributed by atoms with Crippen LogP contribution in [-0.2, 0) is 25.8 Å². The Morgan fingerprint density at radius 2 is 1.41 bits per heavy atom. The van der Waals surface area contributed by atoms with Crippen LogP contribution in [0.2, 0.25) is 0 Å². The summed E-state index contributed by atoms with van der Waals surface area (Å²) in [4.78, 5) is 33.7. The van der Waals surface area contributed by atoms with E-state index in [-0.39, 0.29) is 29.4 Å². The van der Waals surface area contributed by atoms with E-state index in [0.29, 0.717) is 31.7 Å². The molecule has 2 heterocycles. The van der Waals surface area contributed by atoms with Crippen LogP contribution < -0.4 is 5.32 Å². The number of thiazole rings is 1. The highest BCUT2D eigenvalue weighted by atomic mass is 32.1. The fourth-order valence-electron chi connectivity index (χ4n) is 7.20. The molecule has 2 aliphatic rings. The van der Waals surface area contributed by atoms with E-state index in [1.54, 1.807) is 4.90 Å². The summed E-state index contributed by atoms with van der Waals surface area (Å²) in [7, 11) is 0. The Balaban J connectivity index is 1.24. The Morgan fingerprint density at radius 1 is 0.882 bits per heavy atom. The molecule has 0 saturated carbocycles. The number of nitrogens with zero attached hydrogens (tertiary/aromatic N) is 2. The van der Waals surface area contributed by atoms with Crippen LogP contribution in [-0.4, -0.2) is 52.5 Å². The van der Waals surface area contributed by atoms with E-state index < -0.39 is 17.2 Å². The molecule has 270 valence electrons. The predicted molar refractivity (Wildman–Crippen MR) is 204 cm³/mol. The van der Waals surface area contributed by atoms with Gasteiger partial charge in [-0.2, -0.15) is 0 Å². The van der Waals surface area contributed by atoms with Gasteiger partial charge in [-0.05, 0) is 78.8 Å². The van der Waals surface area contributed by atoms with Gasteiger partial charge in [0.05, 0.1) is 11.2 Å². The second kappa shape index (κ2) is 13.3. The summed E-state index contributed by atoms with van der Waals surface area (Å²) in [6, 6.07) is 20.6. The van der Waals surface area contributed by atoms with Gasteiger partial charge >= 0.3 is 12.2 Å². The van der Waals surface area contributed by atoms with E-state index in [1.165, 1.54) is 33.6 Å². The molecular formula is C42H51N3O5S. The Bertz CT molecular complexity index is 1860. The highest BCUT2D eigenvalue weighted by Crippen LogP contribution is 2.46. The van der Waals surface area contributed by atoms with Crippen molar-refractivity contribution >= 4 is 23.5 Å². The van der Waals surface area contributed by atoms with Crippen LogP contribution >= 0.6 is 11.3 Å². The molecule has 0 unspecified atom stereocenters. The summed E-state index contributed by atoms with van der Waals surface area (Å²) < 4.78 is 11.7. The number of carbonyl (C=O) groups is 2. The number of alkyl carbamates (subject to hydrolysis) is 1. The molecule has 1 aromatic heterocycles. The van der Waals surface area contributed by atoms with Crippen molar-refractivity contribution in [2.45, 2.75) is 103 Å². The molecule has 0 spiro atoms. The third-order valence-electron chi connectivity index (χ3n) is 9.89. The number of aromatic hydroxyl groups is 1. The van der Waals surface area contributed by atoms with Gasteiger partial charge in [0.2, 0.25) is 0 Å². The van der Waals surface area contributed by atoms with Crippen molar-refractivity contribution in [3.8, 4) is 28.1 Å². The quantitative estimate of drug-likeness (QED) is 0.214. The SMILES string of the molecule is CC(C)(C)OC(=O)NC1(c2nc(-c3cc(C(C)(C)C)c(O)c(C(C)(C)C)c3)cs2)CCN(C(=O)OCC2c3ccccc3-c3ccccc32)CC1. The number of phenols is 1. The minimum atomic E-state index is -0.845. The summed E-state index contributed by atoms with van der Waals surface area (Å²) >= 11 is 1.49. The van der Waals surface area contributed by atoms with Crippen molar-refractivity contribution < 1.29 is 24.2 Å². The monoisotopic (exact) mass is 709 g/mol. The molecule has 2 N–H and O–H groups in total. The van der Waals surface area contributed by atoms with Gasteiger partial charge in [0, 0.05) is 41.1 Å². The second-order valence-electron chi connectivity index (χ2n) is 17.0. The minimum absolute atomic E-state index is 0.0229. The molecule has 8 nitrogen and oxygen atoms in total. The van der Waals surface area contributed by atoms with Gasteiger partial charge in [-0.15, -0.1) is 11.3 Å². The molecule has 6 rings (SSSR count). The predicted octanol–water partition coefficient (Wildman–Crippen LogP) is 9.88. The smallest absolute Gasteiger partial charge is 0.409 e. The van der Waals surface area contributed by atoms with Crippen LogP contribution in [0, 0.1) is 0 Å². The molecule has 2 amide bonds. The zero-order valence-corrected chi connectivity index (χ0v) is 32.2. The Labute approximate surface area is 306 Å². The number of likely N-dealkylation sites (tertiary alicyclic amines) is 1. The summed E-state index contributed by atoms with van der Waals surface area (Å²) in [6.45, 7) is 19.1. The number of rotatable bonds is 5. The maximum Gasteiger partial charge on any atom is 0.409 e. The first-order chi connectivity index (χ1) is 23.9. The molecule has 51 heavy (non-hydrogen) atoms. The number of hydrogen-bond acceptors (Lipinski definition) is 7. The van der Waals surface area contributed by atoms with Gasteiger partial charge in [0.15, 0.2) is 0 Å². The number of ether oxygens (including phenoxy) is 2. The molecule has 3 aromatic carbocycles. The van der Waals surface area contributed by atoms with Gasteiger partial charge in [0.1, 0.15) is 23.0 Å². The van der Waals surface area contributed by atoms with Crippen LogP contribution in [0.15, 0.2) is 66.0 Å². The Hall–Kier alpha value is -4.37. The molecule has 0 atom stereocenters. The highest BCUT2D eigenvalue weighted by Gasteiger charge is 2.43. The van der Waals surface area contributed by atoms with Crippen molar-refractivity contribution in [1.82, 2.24) is 15.2 Å². The van der Waals surface area contributed by atoms with Crippen molar-refractivity contribution in [2.75, 3.05) is 19.7 Å². The first-order valence-corrected chi connectivity index (χ1v) is 18.7. The Morgan fingerprint density at radius 3 is 1.92 bits per heavy atom. The van der Waals surface area contributed by atoms with Gasteiger partial charge in [-0.25, -0.2) is 14.6 Å². The van der Waals surface area contributed by atoms with Crippen LogP contribution in [0.4, 0.5) is 9.59 Å². The number of hydrogen-bond donors (Lipinski definition) is 2. The van der Waals surface area contributed by atoms with Crippen LogP contribution in [0.25, 0.3) is 22.4 Å². The van der Waals surface area contributed by atoms with E-state index >= 15 is 0 Å². The largest absolute Gasteiger partial charge is 0.507 e. The fourth-order valence-corrected chi connectivity index (χ4v) is 8.24. The van der Waals surface area contributed by atoms with Crippen LogP contribution in [0.5, 0.6) is 5.75 Å². The number of aromatic nitrogens is 1. The molecule has 9 heteroatoms. The van der Waals surface area contributed by atoms with Crippen molar-refractivity contribution in [3.63, 3.8) is 0 Å². The summed E-state index contributed by atoms with van der Waals surface area (Å²) in [5.41, 5.74) is 6.01. The third kappa shape index (κ3) is 7.50. The summed E-state index contributed by atoms with van der Waals surface area (Å²) in [5, 5.41) is 17.2. The van der Waals surface area contributed by atoms with Crippen LogP contribution in [0.1, 0.15) is 108 Å².